The van der Waals surface area contributed by atoms with Crippen LogP contribution in [0.3, 0.4) is 0 Å². The number of alkyl halides is 1. The fourth-order valence-electron chi connectivity index (χ4n) is 0.364. The zero-order valence-electron chi connectivity index (χ0n) is 5.48. The highest BCUT2D eigenvalue weighted by Crippen LogP contribution is 2.15. The average Bonchev–Trinajstić information content (AvgIpc) is 1.83. The van der Waals surface area contributed by atoms with E-state index in [1.165, 1.54) is 11.8 Å². The van der Waals surface area contributed by atoms with E-state index in [-0.39, 0.29) is 0 Å². The first-order valence-electron chi connectivity index (χ1n) is 3.07. The van der Waals surface area contributed by atoms with Gasteiger partial charge in [0, 0.05) is 0 Å². The number of thioether (sulfide) groups is 1. The molecule has 0 nitrogen and oxygen atoms in total. The summed E-state index contributed by atoms with van der Waals surface area (Å²) in [6.07, 6.45) is 1.72. The third kappa shape index (κ3) is 4.44. The van der Waals surface area contributed by atoms with Crippen LogP contribution in [-0.4, -0.2) is 11.3 Å². The van der Waals surface area contributed by atoms with Gasteiger partial charge in [-0.1, -0.05) is 13.8 Å². The van der Waals surface area contributed by atoms with E-state index in [1.54, 1.807) is 0 Å². The number of halogens is 1. The topological polar surface area (TPSA) is 0 Å². The summed E-state index contributed by atoms with van der Waals surface area (Å²) in [7, 11) is 0. The van der Waals surface area contributed by atoms with E-state index in [2.05, 4.69) is 6.92 Å². The summed E-state index contributed by atoms with van der Waals surface area (Å²) in [6, 6.07) is 0. The minimum atomic E-state index is -0.630. The Balaban J connectivity index is 2.86. The van der Waals surface area contributed by atoms with Crippen LogP contribution in [0.15, 0.2) is 0 Å². The molecule has 0 amide bonds. The minimum absolute atomic E-state index is 0.630. The zero-order valence-corrected chi connectivity index (χ0v) is 6.30. The van der Waals surface area contributed by atoms with Crippen LogP contribution < -0.4 is 0 Å². The maximum atomic E-state index is 12.3. The first-order valence-corrected chi connectivity index (χ1v) is 4.11. The predicted molar refractivity (Wildman–Crippen MR) is 37.9 cm³/mol. The summed E-state index contributed by atoms with van der Waals surface area (Å²) >= 11 is 1.41. The Hall–Kier alpha value is 0.280. The van der Waals surface area contributed by atoms with Crippen molar-refractivity contribution in [2.24, 2.45) is 0 Å². The molecule has 0 aromatic carbocycles. The fraction of sp³-hybridized carbons (Fsp3) is 1.00. The van der Waals surface area contributed by atoms with Gasteiger partial charge >= 0.3 is 0 Å². The van der Waals surface area contributed by atoms with Gasteiger partial charge in [-0.15, -0.1) is 11.8 Å². The van der Waals surface area contributed by atoms with Crippen LogP contribution in [0, 0.1) is 0 Å². The normalized spacial score (nSPS) is 13.9. The van der Waals surface area contributed by atoms with E-state index < -0.39 is 5.50 Å². The largest absolute Gasteiger partial charge is 0.236 e. The van der Waals surface area contributed by atoms with E-state index in [1.807, 2.05) is 6.92 Å². The Bertz CT molecular complexity index is 47.8. The molecule has 2 heteroatoms. The van der Waals surface area contributed by atoms with E-state index in [9.17, 15) is 4.39 Å². The van der Waals surface area contributed by atoms with Crippen LogP contribution in [0.2, 0.25) is 0 Å². The van der Waals surface area contributed by atoms with Gasteiger partial charge in [-0.05, 0) is 18.6 Å². The molecule has 50 valence electrons. The Morgan fingerprint density at radius 1 is 1.50 bits per heavy atom. The second kappa shape index (κ2) is 5.42. The third-order valence-electron chi connectivity index (χ3n) is 0.824. The number of hydrogen-bond donors (Lipinski definition) is 0. The summed E-state index contributed by atoms with van der Waals surface area (Å²) in [6.45, 7) is 3.93. The van der Waals surface area contributed by atoms with E-state index in [4.69, 9.17) is 0 Å². The molecule has 0 heterocycles. The van der Waals surface area contributed by atoms with E-state index in [0.29, 0.717) is 6.42 Å². The van der Waals surface area contributed by atoms with Crippen molar-refractivity contribution < 1.29 is 4.39 Å². The summed E-state index contributed by atoms with van der Waals surface area (Å²) < 4.78 is 12.3. The Morgan fingerprint density at radius 2 is 2.12 bits per heavy atom. The lowest BCUT2D eigenvalue weighted by Gasteiger charge is -2.00. The molecule has 0 spiro atoms. The van der Waals surface area contributed by atoms with Crippen molar-refractivity contribution in [1.29, 1.82) is 0 Å². The van der Waals surface area contributed by atoms with Crippen molar-refractivity contribution in [1.82, 2.24) is 0 Å². The van der Waals surface area contributed by atoms with Gasteiger partial charge in [0.25, 0.3) is 0 Å². The van der Waals surface area contributed by atoms with Crippen molar-refractivity contribution >= 4 is 11.8 Å². The Morgan fingerprint density at radius 3 is 2.50 bits per heavy atom. The van der Waals surface area contributed by atoms with Gasteiger partial charge in [0.15, 0.2) is 0 Å². The number of rotatable bonds is 4. The van der Waals surface area contributed by atoms with Gasteiger partial charge in [-0.2, -0.15) is 0 Å². The molecule has 0 saturated carbocycles. The van der Waals surface area contributed by atoms with Crippen LogP contribution in [0.4, 0.5) is 4.39 Å². The molecule has 1 atom stereocenters. The standard InChI is InChI=1S/C6H13FS/c1-3-5-8-6(7)4-2/h6H,3-5H2,1-2H3. The number of hydrogen-bond acceptors (Lipinski definition) is 1. The highest BCUT2D eigenvalue weighted by Gasteiger charge is 1.99. The zero-order chi connectivity index (χ0) is 6.41. The predicted octanol–water partition coefficient (Wildman–Crippen LogP) is 2.84. The third-order valence-corrected chi connectivity index (χ3v) is 2.16. The van der Waals surface area contributed by atoms with Crippen LogP contribution in [0.5, 0.6) is 0 Å². The summed E-state index contributed by atoms with van der Waals surface area (Å²) in [5, 5.41) is 0. The van der Waals surface area contributed by atoms with Gasteiger partial charge in [-0.25, -0.2) is 4.39 Å². The maximum absolute atomic E-state index is 12.3. The molecule has 0 aromatic heterocycles. The summed E-state index contributed by atoms with van der Waals surface area (Å²) in [5.41, 5.74) is -0.630. The average molecular weight is 136 g/mol. The highest BCUT2D eigenvalue weighted by molar-refractivity contribution is 7.99. The molecule has 0 N–H and O–H groups in total. The molecule has 0 bridgehead atoms. The Kier molecular flexibility index (Phi) is 5.61. The van der Waals surface area contributed by atoms with Crippen LogP contribution in [-0.2, 0) is 0 Å². The van der Waals surface area contributed by atoms with Crippen molar-refractivity contribution in [2.75, 3.05) is 5.75 Å². The summed E-state index contributed by atoms with van der Waals surface area (Å²) in [5.74, 6) is 0.953. The molecule has 1 unspecified atom stereocenters. The Labute approximate surface area is 54.9 Å². The van der Waals surface area contributed by atoms with Crippen molar-refractivity contribution in [3.8, 4) is 0 Å². The van der Waals surface area contributed by atoms with Gasteiger partial charge in [0.2, 0.25) is 0 Å². The lowest BCUT2D eigenvalue weighted by atomic mass is 10.5. The minimum Gasteiger partial charge on any atom is -0.236 e. The lowest BCUT2D eigenvalue weighted by molar-refractivity contribution is 0.443. The highest BCUT2D eigenvalue weighted by atomic mass is 32.2. The van der Waals surface area contributed by atoms with E-state index >= 15 is 0 Å². The quantitative estimate of drug-likeness (QED) is 0.572. The van der Waals surface area contributed by atoms with Crippen molar-refractivity contribution in [3.63, 3.8) is 0 Å². The SMILES string of the molecule is CCCSC(F)CC. The molecular formula is C6H13FS. The fourth-order valence-corrected chi connectivity index (χ4v) is 1.09. The second-order valence-corrected chi connectivity index (χ2v) is 2.94. The van der Waals surface area contributed by atoms with Gasteiger partial charge < -0.3 is 0 Å². The van der Waals surface area contributed by atoms with Crippen LogP contribution in [0.25, 0.3) is 0 Å². The second-order valence-electron chi connectivity index (χ2n) is 1.69. The van der Waals surface area contributed by atoms with Gasteiger partial charge in [0.1, 0.15) is 5.50 Å². The first-order chi connectivity index (χ1) is 3.81. The van der Waals surface area contributed by atoms with Gasteiger partial charge in [-0.3, -0.25) is 0 Å². The molecule has 0 rings (SSSR count). The monoisotopic (exact) mass is 136 g/mol. The van der Waals surface area contributed by atoms with Crippen LogP contribution >= 0.6 is 11.8 Å². The molecule has 0 fully saturated rings. The molecule has 0 aromatic rings. The molecular weight excluding hydrogens is 123 g/mol. The van der Waals surface area contributed by atoms with Crippen LogP contribution in [0.1, 0.15) is 26.7 Å². The van der Waals surface area contributed by atoms with Gasteiger partial charge in [0.05, 0.1) is 0 Å². The van der Waals surface area contributed by atoms with Crippen molar-refractivity contribution in [3.05, 3.63) is 0 Å². The van der Waals surface area contributed by atoms with Crippen molar-refractivity contribution in [2.45, 2.75) is 32.2 Å². The molecule has 0 aliphatic carbocycles. The summed E-state index contributed by atoms with van der Waals surface area (Å²) in [4.78, 5) is 0. The lowest BCUT2D eigenvalue weighted by Crippen LogP contribution is -1.90. The molecule has 0 aliphatic heterocycles. The molecule has 0 saturated heterocycles. The molecule has 0 radical (unpaired) electrons. The molecule has 0 aliphatic rings. The maximum Gasteiger partial charge on any atom is 0.145 e. The van der Waals surface area contributed by atoms with E-state index in [0.717, 1.165) is 12.2 Å². The smallest absolute Gasteiger partial charge is 0.145 e. The molecule has 8 heavy (non-hydrogen) atoms. The first kappa shape index (κ1) is 8.28.